The molecule has 182 valence electrons. The lowest BCUT2D eigenvalue weighted by Crippen LogP contribution is -2.42. The highest BCUT2D eigenvalue weighted by molar-refractivity contribution is 5.90. The number of hydrogen-bond donors (Lipinski definition) is 1. The summed E-state index contributed by atoms with van der Waals surface area (Å²) in [7, 11) is 1.63. The highest BCUT2D eigenvalue weighted by Gasteiger charge is 2.45. The number of likely N-dealkylation sites (tertiary alicyclic amines) is 1. The Bertz CT molecular complexity index is 813. The minimum Gasteiger partial charge on any atom is -0.497 e. The van der Waals surface area contributed by atoms with Crippen molar-refractivity contribution in [2.75, 3.05) is 52.9 Å². The van der Waals surface area contributed by atoms with Crippen LogP contribution in [0.1, 0.15) is 51.1 Å². The molecule has 33 heavy (non-hydrogen) atoms. The van der Waals surface area contributed by atoms with Crippen LogP contribution in [-0.4, -0.2) is 85.3 Å². The number of likely N-dealkylation sites (N-methyl/N-ethyl adjacent to an activating group) is 1. The largest absolute Gasteiger partial charge is 0.497 e. The molecule has 1 aromatic rings. The average molecular weight is 459 g/mol. The molecule has 2 aliphatic rings. The van der Waals surface area contributed by atoms with E-state index < -0.39 is 5.92 Å². The number of unbranched alkanes of at least 4 members (excludes halogenated alkanes) is 1. The van der Waals surface area contributed by atoms with E-state index in [1.54, 1.807) is 7.11 Å². The molecule has 0 radical (unpaired) electrons. The second kappa shape index (κ2) is 12.0. The van der Waals surface area contributed by atoms with Crippen LogP contribution in [0.5, 0.6) is 5.75 Å². The van der Waals surface area contributed by atoms with Crippen molar-refractivity contribution in [1.82, 2.24) is 20.0 Å². The summed E-state index contributed by atoms with van der Waals surface area (Å²) >= 11 is 0. The van der Waals surface area contributed by atoms with Gasteiger partial charge in [0.15, 0.2) is 0 Å². The summed E-state index contributed by atoms with van der Waals surface area (Å²) in [5.41, 5.74) is 0.976. The number of amides is 3. The molecular weight excluding hydrogens is 420 g/mol. The zero-order valence-corrected chi connectivity index (χ0v) is 20.2. The highest BCUT2D eigenvalue weighted by atomic mass is 16.5. The van der Waals surface area contributed by atoms with E-state index in [1.807, 2.05) is 41.0 Å². The second-order valence-corrected chi connectivity index (χ2v) is 8.88. The van der Waals surface area contributed by atoms with E-state index in [1.165, 1.54) is 0 Å². The molecule has 2 aliphatic heterocycles. The van der Waals surface area contributed by atoms with E-state index in [-0.39, 0.29) is 30.2 Å². The van der Waals surface area contributed by atoms with Gasteiger partial charge in [-0.25, -0.2) is 0 Å². The summed E-state index contributed by atoms with van der Waals surface area (Å²) in [5.74, 6) is 0.478. The second-order valence-electron chi connectivity index (χ2n) is 8.88. The third kappa shape index (κ3) is 6.25. The summed E-state index contributed by atoms with van der Waals surface area (Å²) < 4.78 is 5.29. The fourth-order valence-corrected chi connectivity index (χ4v) is 4.86. The van der Waals surface area contributed by atoms with Crippen LogP contribution in [0.4, 0.5) is 0 Å². The Morgan fingerprint density at radius 1 is 1.09 bits per heavy atom. The molecule has 0 spiro atoms. The maximum atomic E-state index is 13.7. The number of ether oxygens (including phenoxy) is 1. The van der Waals surface area contributed by atoms with E-state index in [2.05, 4.69) is 17.1 Å². The fraction of sp³-hybridized carbons (Fsp3) is 0.640. The number of nitrogens with zero attached hydrogens (tertiary/aromatic N) is 3. The number of benzene rings is 1. The number of nitrogens with one attached hydrogen (secondary N) is 1. The lowest BCUT2D eigenvalue weighted by Gasteiger charge is -2.31. The molecule has 0 bridgehead atoms. The SMILES string of the molecule is CCCCN1C(=O)CC(C(=O)N2CCCN(CC(=O)NCC)CC2)C1c1ccc(OC)cc1. The van der Waals surface area contributed by atoms with Crippen LogP contribution in [0.15, 0.2) is 24.3 Å². The predicted octanol–water partition coefficient (Wildman–Crippen LogP) is 2.06. The first-order valence-electron chi connectivity index (χ1n) is 12.2. The van der Waals surface area contributed by atoms with Gasteiger partial charge in [-0.1, -0.05) is 25.5 Å². The molecule has 0 aromatic heterocycles. The first kappa shape index (κ1) is 25.0. The van der Waals surface area contributed by atoms with Gasteiger partial charge in [0.25, 0.3) is 0 Å². The number of carbonyl (C=O) groups excluding carboxylic acids is 3. The van der Waals surface area contributed by atoms with Gasteiger partial charge < -0.3 is 19.9 Å². The van der Waals surface area contributed by atoms with Gasteiger partial charge in [-0.15, -0.1) is 0 Å². The van der Waals surface area contributed by atoms with Gasteiger partial charge in [0, 0.05) is 45.7 Å². The van der Waals surface area contributed by atoms with E-state index in [4.69, 9.17) is 4.74 Å². The lowest BCUT2D eigenvalue weighted by molar-refractivity contribution is -0.136. The van der Waals surface area contributed by atoms with Gasteiger partial charge in [0.1, 0.15) is 5.75 Å². The third-order valence-electron chi connectivity index (χ3n) is 6.60. The monoisotopic (exact) mass is 458 g/mol. The van der Waals surface area contributed by atoms with E-state index in [0.717, 1.165) is 37.1 Å². The van der Waals surface area contributed by atoms with Gasteiger partial charge in [-0.3, -0.25) is 19.3 Å². The van der Waals surface area contributed by atoms with E-state index >= 15 is 0 Å². The minimum atomic E-state index is -0.391. The molecular formula is C25H38N4O4. The Labute approximate surface area is 197 Å². The molecule has 2 unspecified atom stereocenters. The van der Waals surface area contributed by atoms with Crippen molar-refractivity contribution >= 4 is 17.7 Å². The molecule has 1 N–H and O–H groups in total. The van der Waals surface area contributed by atoms with Gasteiger partial charge >= 0.3 is 0 Å². The van der Waals surface area contributed by atoms with Crippen molar-refractivity contribution in [3.63, 3.8) is 0 Å². The quantitative estimate of drug-likeness (QED) is 0.613. The van der Waals surface area contributed by atoms with Crippen molar-refractivity contribution < 1.29 is 19.1 Å². The molecule has 1 aromatic carbocycles. The van der Waals surface area contributed by atoms with Crippen LogP contribution in [0.25, 0.3) is 0 Å². The molecule has 2 fully saturated rings. The number of carbonyl (C=O) groups is 3. The van der Waals surface area contributed by atoms with Gasteiger partial charge in [0.2, 0.25) is 17.7 Å². The van der Waals surface area contributed by atoms with Gasteiger partial charge in [0.05, 0.1) is 25.6 Å². The van der Waals surface area contributed by atoms with Crippen LogP contribution < -0.4 is 10.1 Å². The molecule has 3 amide bonds. The van der Waals surface area contributed by atoms with E-state index in [9.17, 15) is 14.4 Å². The van der Waals surface area contributed by atoms with E-state index in [0.29, 0.717) is 39.3 Å². The van der Waals surface area contributed by atoms with Crippen LogP contribution in [0, 0.1) is 5.92 Å². The maximum Gasteiger partial charge on any atom is 0.234 e. The Kier molecular flexibility index (Phi) is 9.11. The molecule has 8 heteroatoms. The molecule has 2 heterocycles. The summed E-state index contributed by atoms with van der Waals surface area (Å²) in [5, 5.41) is 2.84. The van der Waals surface area contributed by atoms with Crippen molar-refractivity contribution in [3.05, 3.63) is 29.8 Å². The Balaban J connectivity index is 1.75. The molecule has 0 aliphatic carbocycles. The van der Waals surface area contributed by atoms with Gasteiger partial charge in [-0.2, -0.15) is 0 Å². The zero-order valence-electron chi connectivity index (χ0n) is 20.2. The summed E-state index contributed by atoms with van der Waals surface area (Å²) in [6, 6.07) is 7.47. The first-order chi connectivity index (χ1) is 16.0. The smallest absolute Gasteiger partial charge is 0.234 e. The minimum absolute atomic E-state index is 0.0183. The Hall–Kier alpha value is -2.61. The van der Waals surface area contributed by atoms with Crippen molar-refractivity contribution in [2.45, 2.75) is 45.6 Å². The topological polar surface area (TPSA) is 82.2 Å². The molecule has 8 nitrogen and oxygen atoms in total. The van der Waals surface area contributed by atoms with Crippen LogP contribution in [-0.2, 0) is 14.4 Å². The summed E-state index contributed by atoms with van der Waals surface area (Å²) in [6.45, 7) is 8.34. The van der Waals surface area contributed by atoms with Crippen molar-refractivity contribution in [1.29, 1.82) is 0 Å². The molecule has 2 saturated heterocycles. The standard InChI is InChI=1S/C25H38N4O4/c1-4-6-14-29-23(31)17-21(24(29)19-8-10-20(33-3)11-9-19)25(32)28-13-7-12-27(15-16-28)18-22(30)26-5-2/h8-11,21,24H,4-7,12-18H2,1-3H3,(H,26,30). The Morgan fingerprint density at radius 3 is 2.52 bits per heavy atom. The maximum absolute atomic E-state index is 13.7. The fourth-order valence-electron chi connectivity index (χ4n) is 4.86. The highest BCUT2D eigenvalue weighted by Crippen LogP contribution is 2.40. The number of hydrogen-bond acceptors (Lipinski definition) is 5. The Morgan fingerprint density at radius 2 is 1.85 bits per heavy atom. The normalized spacial score (nSPS) is 21.7. The first-order valence-corrected chi connectivity index (χ1v) is 12.2. The third-order valence-corrected chi connectivity index (χ3v) is 6.60. The lowest BCUT2D eigenvalue weighted by atomic mass is 9.92. The summed E-state index contributed by atoms with van der Waals surface area (Å²) in [4.78, 5) is 44.5. The molecule has 3 rings (SSSR count). The van der Waals surface area contributed by atoms with Crippen molar-refractivity contribution in [2.24, 2.45) is 5.92 Å². The summed E-state index contributed by atoms with van der Waals surface area (Å²) in [6.07, 6.45) is 2.97. The predicted molar refractivity (Wildman–Crippen MR) is 127 cm³/mol. The van der Waals surface area contributed by atoms with Crippen LogP contribution >= 0.6 is 0 Å². The van der Waals surface area contributed by atoms with Crippen LogP contribution in [0.2, 0.25) is 0 Å². The average Bonchev–Trinajstić information content (AvgIpc) is 2.97. The number of rotatable bonds is 9. The van der Waals surface area contributed by atoms with Crippen molar-refractivity contribution in [3.8, 4) is 5.75 Å². The molecule has 0 saturated carbocycles. The van der Waals surface area contributed by atoms with Gasteiger partial charge in [-0.05, 0) is 37.5 Å². The number of methoxy groups -OCH3 is 1. The zero-order chi connectivity index (χ0) is 23.8. The van der Waals surface area contributed by atoms with Crippen LogP contribution in [0.3, 0.4) is 0 Å². The molecule has 2 atom stereocenters.